The number of aryl methyl sites for hydroxylation is 1. The average molecular weight is 511 g/mol. The number of benzene rings is 3. The Hall–Kier alpha value is -3.45. The van der Waals surface area contributed by atoms with E-state index in [4.69, 9.17) is 16.6 Å². The zero-order chi connectivity index (χ0) is 25.6. The monoisotopic (exact) mass is 510 g/mol. The molecule has 36 heavy (non-hydrogen) atoms. The van der Waals surface area contributed by atoms with Gasteiger partial charge < -0.3 is 0 Å². The van der Waals surface area contributed by atoms with Crippen LogP contribution in [0.2, 0.25) is 5.02 Å². The zero-order valence-corrected chi connectivity index (χ0v) is 20.1. The molecule has 0 radical (unpaired) electrons. The van der Waals surface area contributed by atoms with Gasteiger partial charge in [-0.15, -0.1) is 0 Å². The average Bonchev–Trinajstić information content (AvgIpc) is 2.98. The van der Waals surface area contributed by atoms with Crippen molar-refractivity contribution in [2.75, 3.05) is 4.90 Å². The number of alkyl halides is 3. The molecule has 1 heterocycles. The first-order valence-corrected chi connectivity index (χ1v) is 11.9. The van der Waals surface area contributed by atoms with Crippen molar-refractivity contribution in [3.05, 3.63) is 94.5 Å². The molecule has 3 atom stereocenters. The minimum Gasteiger partial charge on any atom is -0.299 e. The fraction of sp³-hybridized carbons (Fsp3) is 0.250. The molecule has 1 aliphatic carbocycles. The Morgan fingerprint density at radius 1 is 0.972 bits per heavy atom. The van der Waals surface area contributed by atoms with Crippen molar-refractivity contribution in [2.24, 2.45) is 10.9 Å². The van der Waals surface area contributed by atoms with Crippen molar-refractivity contribution in [2.45, 2.75) is 37.9 Å². The van der Waals surface area contributed by atoms with Gasteiger partial charge in [0.05, 0.1) is 23.3 Å². The van der Waals surface area contributed by atoms with Crippen LogP contribution in [-0.2, 0) is 9.59 Å². The fourth-order valence-corrected chi connectivity index (χ4v) is 5.49. The third kappa shape index (κ3) is 4.32. The second kappa shape index (κ2) is 9.21. The molecule has 1 saturated carbocycles. The van der Waals surface area contributed by atoms with Crippen LogP contribution < -0.4 is 4.90 Å². The van der Waals surface area contributed by atoms with Crippen molar-refractivity contribution in [3.63, 3.8) is 0 Å². The van der Waals surface area contributed by atoms with E-state index in [0.29, 0.717) is 22.7 Å². The van der Waals surface area contributed by atoms with Gasteiger partial charge in [-0.25, -0.2) is 0 Å². The van der Waals surface area contributed by atoms with E-state index in [0.717, 1.165) is 16.0 Å². The fourth-order valence-electron chi connectivity index (χ4n) is 5.20. The summed E-state index contributed by atoms with van der Waals surface area (Å²) in [6.07, 6.45) is -4.72. The van der Waals surface area contributed by atoms with E-state index >= 15 is 0 Å². The van der Waals surface area contributed by atoms with Gasteiger partial charge >= 0.3 is 12.1 Å². The summed E-state index contributed by atoms with van der Waals surface area (Å²) in [5.74, 6) is -3.59. The Kier molecular flexibility index (Phi) is 6.20. The number of nitrogens with zero attached hydrogens (tertiary/aromatic N) is 2. The van der Waals surface area contributed by atoms with Crippen LogP contribution in [0.5, 0.6) is 0 Å². The molecule has 1 amide bonds. The SMILES string of the molecule is Cc1ccc([C@H]2[C@@H]3C(=O)C[C@H](c4ccccc4Cl)CC3=Nc3ccccc3N2C(=O)C(F)(F)F)cc1. The summed E-state index contributed by atoms with van der Waals surface area (Å²) < 4.78 is 41.8. The number of aliphatic imine (C=N–C) groups is 1. The molecule has 0 saturated heterocycles. The lowest BCUT2D eigenvalue weighted by Gasteiger charge is -2.39. The van der Waals surface area contributed by atoms with Gasteiger partial charge in [0.1, 0.15) is 5.78 Å². The predicted molar refractivity (Wildman–Crippen MR) is 133 cm³/mol. The van der Waals surface area contributed by atoms with Crippen molar-refractivity contribution < 1.29 is 22.8 Å². The van der Waals surface area contributed by atoms with Gasteiger partial charge in [0, 0.05) is 17.2 Å². The first-order chi connectivity index (χ1) is 17.1. The van der Waals surface area contributed by atoms with Gasteiger partial charge in [-0.2, -0.15) is 13.2 Å². The minimum absolute atomic E-state index is 0.0226. The lowest BCUT2D eigenvalue weighted by Crippen LogP contribution is -2.49. The van der Waals surface area contributed by atoms with Crippen LogP contribution in [0, 0.1) is 12.8 Å². The first-order valence-electron chi connectivity index (χ1n) is 11.6. The molecular weight excluding hydrogens is 489 g/mol. The van der Waals surface area contributed by atoms with Gasteiger partial charge in [-0.3, -0.25) is 19.5 Å². The van der Waals surface area contributed by atoms with Crippen molar-refractivity contribution in [1.82, 2.24) is 0 Å². The third-order valence-electron chi connectivity index (χ3n) is 6.83. The lowest BCUT2D eigenvalue weighted by atomic mass is 9.72. The number of rotatable bonds is 2. The quantitative estimate of drug-likeness (QED) is 0.368. The van der Waals surface area contributed by atoms with E-state index in [9.17, 15) is 22.8 Å². The zero-order valence-electron chi connectivity index (χ0n) is 19.3. The maximum absolute atomic E-state index is 13.9. The highest BCUT2D eigenvalue weighted by molar-refractivity contribution is 6.31. The standard InChI is InChI=1S/C28H22ClF3N2O2/c1-16-10-12-17(13-11-16)26-25-22(14-18(15-24(25)35)19-6-2-3-7-20(19)29)33-21-8-4-5-9-23(21)34(26)27(36)28(30,31)32/h2-13,18,25-26H,14-15H2,1H3/t18-,25+,26+/m1/s1. The second-order valence-corrected chi connectivity index (χ2v) is 9.60. The molecule has 0 bridgehead atoms. The van der Waals surface area contributed by atoms with Crippen LogP contribution >= 0.6 is 11.6 Å². The number of amides is 1. The van der Waals surface area contributed by atoms with E-state index in [1.165, 1.54) is 6.07 Å². The summed E-state index contributed by atoms with van der Waals surface area (Å²) in [4.78, 5) is 32.1. The van der Waals surface area contributed by atoms with E-state index < -0.39 is 24.0 Å². The number of hydrogen-bond donors (Lipinski definition) is 0. The minimum atomic E-state index is -5.14. The van der Waals surface area contributed by atoms with Crippen LogP contribution in [0.3, 0.4) is 0 Å². The molecule has 1 fully saturated rings. The Bertz CT molecular complexity index is 1370. The Morgan fingerprint density at radius 3 is 2.33 bits per heavy atom. The number of Topliss-reactive ketones (excluding diaryl/α,β-unsaturated/α-hetero) is 1. The molecule has 2 aliphatic rings. The second-order valence-electron chi connectivity index (χ2n) is 9.19. The maximum Gasteiger partial charge on any atom is 0.471 e. The smallest absolute Gasteiger partial charge is 0.299 e. The number of fused-ring (bicyclic) bond motifs is 2. The summed E-state index contributed by atoms with van der Waals surface area (Å²) in [5, 5.41) is 0.521. The number of carbonyl (C=O) groups excluding carboxylic acids is 2. The largest absolute Gasteiger partial charge is 0.471 e. The number of ketones is 1. The Labute approximate surface area is 211 Å². The highest BCUT2D eigenvalue weighted by Gasteiger charge is 2.52. The molecular formula is C28H22ClF3N2O2. The molecule has 0 N–H and O–H groups in total. The molecule has 4 nitrogen and oxygen atoms in total. The van der Waals surface area contributed by atoms with Gasteiger partial charge in [-0.05, 0) is 48.6 Å². The van der Waals surface area contributed by atoms with E-state index in [1.807, 2.05) is 19.1 Å². The molecule has 1 aliphatic heterocycles. The topological polar surface area (TPSA) is 49.7 Å². The molecule has 8 heteroatoms. The molecule has 3 aromatic carbocycles. The Morgan fingerprint density at radius 2 is 1.64 bits per heavy atom. The van der Waals surface area contributed by atoms with Crippen molar-refractivity contribution in [1.29, 1.82) is 0 Å². The molecule has 5 rings (SSSR count). The van der Waals surface area contributed by atoms with Crippen molar-refractivity contribution >= 4 is 40.4 Å². The molecule has 184 valence electrons. The lowest BCUT2D eigenvalue weighted by molar-refractivity contribution is -0.171. The molecule has 0 aromatic heterocycles. The highest BCUT2D eigenvalue weighted by atomic mass is 35.5. The van der Waals surface area contributed by atoms with E-state index in [-0.39, 0.29) is 29.5 Å². The van der Waals surface area contributed by atoms with Crippen LogP contribution in [-0.4, -0.2) is 23.6 Å². The van der Waals surface area contributed by atoms with Crippen molar-refractivity contribution in [3.8, 4) is 0 Å². The van der Waals surface area contributed by atoms with Crippen LogP contribution in [0.25, 0.3) is 0 Å². The van der Waals surface area contributed by atoms with Crippen LogP contribution in [0.4, 0.5) is 24.5 Å². The number of para-hydroxylation sites is 2. The Balaban J connectivity index is 1.71. The molecule has 0 unspecified atom stereocenters. The van der Waals surface area contributed by atoms with Gasteiger partial charge in [0.25, 0.3) is 0 Å². The normalized spacial score (nSPS) is 21.8. The van der Waals surface area contributed by atoms with Gasteiger partial charge in [0.2, 0.25) is 0 Å². The highest BCUT2D eigenvalue weighted by Crippen LogP contribution is 2.48. The predicted octanol–water partition coefficient (Wildman–Crippen LogP) is 7.13. The molecule has 0 spiro atoms. The third-order valence-corrected chi connectivity index (χ3v) is 7.18. The number of carbonyl (C=O) groups is 2. The number of hydrogen-bond acceptors (Lipinski definition) is 3. The first kappa shape index (κ1) is 24.3. The number of halogens is 4. The summed E-state index contributed by atoms with van der Waals surface area (Å²) in [6.45, 7) is 1.86. The summed E-state index contributed by atoms with van der Waals surface area (Å²) in [5.41, 5.74) is 2.83. The molecule has 3 aromatic rings. The van der Waals surface area contributed by atoms with Gasteiger partial charge in [-0.1, -0.05) is 71.8 Å². The van der Waals surface area contributed by atoms with E-state index in [1.54, 1.807) is 54.6 Å². The maximum atomic E-state index is 13.9. The van der Waals surface area contributed by atoms with Gasteiger partial charge in [0.15, 0.2) is 0 Å². The summed E-state index contributed by atoms with van der Waals surface area (Å²) >= 11 is 6.42. The van der Waals surface area contributed by atoms with Crippen LogP contribution in [0.1, 0.15) is 41.5 Å². The van der Waals surface area contributed by atoms with E-state index in [2.05, 4.69) is 0 Å². The number of anilines is 1. The summed E-state index contributed by atoms with van der Waals surface area (Å²) in [7, 11) is 0. The van der Waals surface area contributed by atoms with Crippen LogP contribution in [0.15, 0.2) is 77.8 Å². The summed E-state index contributed by atoms with van der Waals surface area (Å²) in [6, 6.07) is 19.1.